The standard InChI is InChI=1S/C27H40O3.C24H36O3.4CH4/c1-3-5-6-7-21-8-10-22(11-9-21)23-12-14-24(15-13-23)25-16-18-26(19-17-25)29-20-30-27(28)4-2;1-4-5-6-7-8-9-20-10-12-21(13-11-20)22-14-16-23(17-15-22)26-18-27-24(25)19(2)3;;;;/h4,16-19,21-24H,2-3,5-15,20H2,1H3;14-17,20-21H,2,4-13,18H2,1,3H3;4*1H4. The molecule has 0 amide bonds. The Balaban J connectivity index is 0.00000111. The molecular formula is C55H92O6. The van der Waals surface area contributed by atoms with Crippen molar-refractivity contribution in [2.24, 2.45) is 23.7 Å². The summed E-state index contributed by atoms with van der Waals surface area (Å²) in [5.74, 6) is 5.84. The van der Waals surface area contributed by atoms with E-state index in [1.807, 2.05) is 24.3 Å². The molecule has 61 heavy (non-hydrogen) atoms. The van der Waals surface area contributed by atoms with E-state index < -0.39 is 11.9 Å². The Hall–Kier alpha value is -3.54. The third-order valence-electron chi connectivity index (χ3n) is 13.2. The molecule has 0 atom stereocenters. The molecule has 0 aliphatic heterocycles. The van der Waals surface area contributed by atoms with Gasteiger partial charge in [-0.25, -0.2) is 9.59 Å². The van der Waals surface area contributed by atoms with Crippen molar-refractivity contribution in [2.45, 2.75) is 204 Å². The van der Waals surface area contributed by atoms with Gasteiger partial charge >= 0.3 is 11.9 Å². The molecule has 3 saturated carbocycles. The normalized spacial score (nSPS) is 21.8. The first-order valence-corrected chi connectivity index (χ1v) is 22.9. The Morgan fingerprint density at radius 1 is 0.557 bits per heavy atom. The minimum absolute atomic E-state index is 0. The van der Waals surface area contributed by atoms with Crippen molar-refractivity contribution in [1.29, 1.82) is 0 Å². The minimum atomic E-state index is -0.464. The fourth-order valence-corrected chi connectivity index (χ4v) is 9.54. The molecular weight excluding hydrogens is 757 g/mol. The molecule has 0 N–H and O–H groups in total. The lowest BCUT2D eigenvalue weighted by atomic mass is 9.68. The molecule has 3 fully saturated rings. The van der Waals surface area contributed by atoms with Gasteiger partial charge in [-0.15, -0.1) is 0 Å². The maximum atomic E-state index is 11.3. The van der Waals surface area contributed by atoms with Crippen molar-refractivity contribution in [3.8, 4) is 11.5 Å². The smallest absolute Gasteiger partial charge is 0.335 e. The molecule has 0 spiro atoms. The second-order valence-electron chi connectivity index (χ2n) is 17.4. The quantitative estimate of drug-likeness (QED) is 0.0539. The molecule has 0 saturated heterocycles. The Kier molecular flexibility index (Phi) is 31.2. The number of hydrogen-bond donors (Lipinski definition) is 0. The molecule has 348 valence electrons. The van der Waals surface area contributed by atoms with Crippen LogP contribution in [0.5, 0.6) is 11.5 Å². The van der Waals surface area contributed by atoms with Crippen LogP contribution in [0.3, 0.4) is 0 Å². The summed E-state index contributed by atoms with van der Waals surface area (Å²) in [5.41, 5.74) is 3.21. The first kappa shape index (κ1) is 57.5. The van der Waals surface area contributed by atoms with Gasteiger partial charge in [0.2, 0.25) is 13.6 Å². The molecule has 5 rings (SSSR count). The number of unbranched alkanes of at least 4 members (excludes halogenated alkanes) is 6. The number of ether oxygens (including phenoxy) is 4. The number of benzene rings is 2. The van der Waals surface area contributed by atoms with Gasteiger partial charge in [0.05, 0.1) is 0 Å². The number of hydrogen-bond acceptors (Lipinski definition) is 6. The van der Waals surface area contributed by atoms with E-state index in [0.717, 1.165) is 41.2 Å². The molecule has 0 heterocycles. The Bertz CT molecular complexity index is 1420. The molecule has 0 radical (unpaired) electrons. The first-order chi connectivity index (χ1) is 27.8. The second kappa shape index (κ2) is 33.1. The molecule has 3 aliphatic carbocycles. The second-order valence-corrected chi connectivity index (χ2v) is 17.4. The summed E-state index contributed by atoms with van der Waals surface area (Å²) in [7, 11) is 0. The van der Waals surface area contributed by atoms with E-state index in [9.17, 15) is 9.59 Å². The van der Waals surface area contributed by atoms with Crippen LogP contribution in [0.25, 0.3) is 0 Å². The van der Waals surface area contributed by atoms with Gasteiger partial charge in [0.1, 0.15) is 11.5 Å². The fourth-order valence-electron chi connectivity index (χ4n) is 9.54. The van der Waals surface area contributed by atoms with Gasteiger partial charge in [0, 0.05) is 11.6 Å². The Labute approximate surface area is 376 Å². The predicted molar refractivity (Wildman–Crippen MR) is 260 cm³/mol. The van der Waals surface area contributed by atoms with E-state index in [1.54, 1.807) is 6.92 Å². The number of carbonyl (C=O) groups is 2. The van der Waals surface area contributed by atoms with Crippen LogP contribution in [0.1, 0.15) is 215 Å². The van der Waals surface area contributed by atoms with Crippen molar-refractivity contribution in [3.05, 3.63) is 84.5 Å². The number of rotatable bonds is 21. The maximum Gasteiger partial charge on any atom is 0.335 e. The highest BCUT2D eigenvalue weighted by Crippen LogP contribution is 2.45. The minimum Gasteiger partial charge on any atom is -0.457 e. The number of esters is 2. The van der Waals surface area contributed by atoms with E-state index in [0.29, 0.717) is 17.4 Å². The van der Waals surface area contributed by atoms with Crippen molar-refractivity contribution in [2.75, 3.05) is 13.6 Å². The largest absolute Gasteiger partial charge is 0.457 e. The van der Waals surface area contributed by atoms with Crippen LogP contribution in [0.2, 0.25) is 0 Å². The highest BCUT2D eigenvalue weighted by Gasteiger charge is 2.31. The topological polar surface area (TPSA) is 71.1 Å². The van der Waals surface area contributed by atoms with Crippen molar-refractivity contribution >= 4 is 11.9 Å². The zero-order chi connectivity index (χ0) is 40.7. The SMILES string of the molecule is C.C.C.C.C=C(C)C(=O)OCOc1ccc(C2CCC(CCCCCCC)CC2)cc1.C=CC(=O)OCOc1ccc(C2CCC(C3CCC(CCCCC)CC3)CC2)cc1. The zero-order valence-corrected chi connectivity index (χ0v) is 36.0. The molecule has 2 aromatic rings. The maximum absolute atomic E-state index is 11.3. The van der Waals surface area contributed by atoms with Crippen LogP contribution in [0.4, 0.5) is 0 Å². The Morgan fingerprint density at radius 2 is 0.934 bits per heavy atom. The van der Waals surface area contributed by atoms with Gasteiger partial charge < -0.3 is 18.9 Å². The van der Waals surface area contributed by atoms with Gasteiger partial charge in [-0.05, 0) is 142 Å². The molecule has 6 nitrogen and oxygen atoms in total. The third-order valence-corrected chi connectivity index (χ3v) is 13.2. The highest BCUT2D eigenvalue weighted by molar-refractivity contribution is 5.86. The van der Waals surface area contributed by atoms with E-state index in [2.05, 4.69) is 51.3 Å². The summed E-state index contributed by atoms with van der Waals surface area (Å²) >= 11 is 0. The lowest BCUT2D eigenvalue weighted by molar-refractivity contribution is -0.145. The lowest BCUT2D eigenvalue weighted by Crippen LogP contribution is -2.25. The van der Waals surface area contributed by atoms with Gasteiger partial charge in [0.25, 0.3) is 0 Å². The van der Waals surface area contributed by atoms with E-state index in [1.165, 1.54) is 152 Å². The average Bonchev–Trinajstić information content (AvgIpc) is 3.25. The van der Waals surface area contributed by atoms with Gasteiger partial charge in [-0.2, -0.15) is 0 Å². The van der Waals surface area contributed by atoms with E-state index >= 15 is 0 Å². The summed E-state index contributed by atoms with van der Waals surface area (Å²) < 4.78 is 20.8. The molecule has 0 unspecified atom stereocenters. The highest BCUT2D eigenvalue weighted by atomic mass is 16.7. The van der Waals surface area contributed by atoms with Crippen LogP contribution < -0.4 is 9.47 Å². The molecule has 0 aromatic heterocycles. The van der Waals surface area contributed by atoms with Crippen LogP contribution in [-0.4, -0.2) is 25.5 Å². The number of carbonyl (C=O) groups excluding carboxylic acids is 2. The van der Waals surface area contributed by atoms with Crippen molar-refractivity contribution in [3.63, 3.8) is 0 Å². The van der Waals surface area contributed by atoms with Crippen LogP contribution >= 0.6 is 0 Å². The molecule has 0 bridgehead atoms. The average molecular weight is 849 g/mol. The summed E-state index contributed by atoms with van der Waals surface area (Å²) in [4.78, 5) is 22.4. The van der Waals surface area contributed by atoms with Crippen LogP contribution in [0, 0.1) is 23.7 Å². The van der Waals surface area contributed by atoms with E-state index in [-0.39, 0.29) is 43.3 Å². The molecule has 3 aliphatic rings. The summed E-state index contributed by atoms with van der Waals surface area (Å²) in [6, 6.07) is 16.6. The summed E-state index contributed by atoms with van der Waals surface area (Å²) in [6.07, 6.45) is 31.9. The molecule has 2 aromatic carbocycles. The first-order valence-electron chi connectivity index (χ1n) is 22.9. The lowest BCUT2D eigenvalue weighted by Gasteiger charge is -2.38. The summed E-state index contributed by atoms with van der Waals surface area (Å²) in [5, 5.41) is 0. The van der Waals surface area contributed by atoms with Gasteiger partial charge in [-0.1, -0.05) is 158 Å². The van der Waals surface area contributed by atoms with E-state index in [4.69, 9.17) is 18.9 Å². The molecule has 6 heteroatoms. The van der Waals surface area contributed by atoms with Crippen molar-refractivity contribution in [1.82, 2.24) is 0 Å². The third kappa shape index (κ3) is 21.4. The fraction of sp³-hybridized carbons (Fsp3) is 0.673. The van der Waals surface area contributed by atoms with Gasteiger partial charge in [-0.3, -0.25) is 0 Å². The van der Waals surface area contributed by atoms with Crippen LogP contribution in [0.15, 0.2) is 73.3 Å². The monoisotopic (exact) mass is 849 g/mol. The van der Waals surface area contributed by atoms with Gasteiger partial charge in [0.15, 0.2) is 0 Å². The van der Waals surface area contributed by atoms with Crippen molar-refractivity contribution < 1.29 is 28.5 Å². The Morgan fingerprint density at radius 3 is 1.38 bits per heavy atom. The summed E-state index contributed by atoms with van der Waals surface area (Å²) in [6.45, 7) is 13.0. The van der Waals surface area contributed by atoms with Crippen LogP contribution in [-0.2, 0) is 19.1 Å². The zero-order valence-electron chi connectivity index (χ0n) is 36.0. The predicted octanol–water partition coefficient (Wildman–Crippen LogP) is 16.7.